The highest BCUT2D eigenvalue weighted by Crippen LogP contribution is 2.28. The molecule has 0 aromatic heterocycles. The van der Waals surface area contributed by atoms with Crippen molar-refractivity contribution < 1.29 is 4.79 Å². The second-order valence-corrected chi connectivity index (χ2v) is 4.68. The fourth-order valence-electron chi connectivity index (χ4n) is 2.38. The second-order valence-electron chi connectivity index (χ2n) is 4.68. The van der Waals surface area contributed by atoms with Crippen LogP contribution in [0.1, 0.15) is 24.1 Å². The van der Waals surface area contributed by atoms with Crippen LogP contribution in [-0.2, 0) is 4.79 Å². The van der Waals surface area contributed by atoms with E-state index in [1.54, 1.807) is 13.0 Å². The van der Waals surface area contributed by atoms with Crippen molar-refractivity contribution in [2.24, 2.45) is 0 Å². The summed E-state index contributed by atoms with van der Waals surface area (Å²) in [5.74, 6) is 0.0441. The maximum Gasteiger partial charge on any atom is 0.220 e. The molecule has 0 saturated carbocycles. The molecule has 2 aromatic carbocycles. The van der Waals surface area contributed by atoms with Crippen molar-refractivity contribution in [3.8, 4) is 0 Å². The number of nitrogens with zero attached hydrogens (tertiary/aromatic N) is 1. The molecule has 2 nitrogen and oxygen atoms in total. The summed E-state index contributed by atoms with van der Waals surface area (Å²) in [4.78, 5) is 13.8. The molecular formula is C18H19NO. The third-order valence-corrected chi connectivity index (χ3v) is 3.27. The van der Waals surface area contributed by atoms with Crippen LogP contribution in [0, 0.1) is 0 Å². The molecule has 0 N–H and O–H groups in total. The Labute approximate surface area is 120 Å². The van der Waals surface area contributed by atoms with Crippen molar-refractivity contribution in [3.05, 3.63) is 84.4 Å². The van der Waals surface area contributed by atoms with Crippen LogP contribution in [0.15, 0.2) is 73.3 Å². The number of carbonyl (C=O) groups is 1. The van der Waals surface area contributed by atoms with E-state index in [0.29, 0.717) is 6.54 Å². The third kappa shape index (κ3) is 3.15. The van der Waals surface area contributed by atoms with Gasteiger partial charge in [-0.1, -0.05) is 66.7 Å². The summed E-state index contributed by atoms with van der Waals surface area (Å²) in [6, 6.07) is 20.1. The average Bonchev–Trinajstić information content (AvgIpc) is 2.49. The molecule has 0 unspecified atom stereocenters. The zero-order chi connectivity index (χ0) is 14.4. The number of hydrogen-bond donors (Lipinski definition) is 0. The van der Waals surface area contributed by atoms with E-state index in [1.165, 1.54) is 0 Å². The summed E-state index contributed by atoms with van der Waals surface area (Å²) in [6.07, 6.45) is 1.76. The molecule has 0 radical (unpaired) electrons. The first-order chi connectivity index (χ1) is 9.74. The first kappa shape index (κ1) is 14.1. The second kappa shape index (κ2) is 6.71. The van der Waals surface area contributed by atoms with E-state index in [2.05, 4.69) is 30.8 Å². The zero-order valence-corrected chi connectivity index (χ0v) is 11.7. The summed E-state index contributed by atoms with van der Waals surface area (Å²) in [7, 11) is 0. The molecule has 20 heavy (non-hydrogen) atoms. The molecular weight excluding hydrogens is 246 g/mol. The SMILES string of the molecule is C=CCN(C(C)=O)C(c1ccccc1)c1ccccc1. The Kier molecular flexibility index (Phi) is 4.72. The monoisotopic (exact) mass is 265 g/mol. The average molecular weight is 265 g/mol. The predicted octanol–water partition coefficient (Wildman–Crippen LogP) is 3.81. The van der Waals surface area contributed by atoms with Crippen LogP contribution in [0.5, 0.6) is 0 Å². The first-order valence-electron chi connectivity index (χ1n) is 6.72. The molecule has 0 bridgehead atoms. The highest BCUT2D eigenvalue weighted by Gasteiger charge is 2.23. The summed E-state index contributed by atoms with van der Waals surface area (Å²) in [6.45, 7) is 5.89. The zero-order valence-electron chi connectivity index (χ0n) is 11.7. The number of carbonyl (C=O) groups excluding carboxylic acids is 1. The van der Waals surface area contributed by atoms with Crippen LogP contribution >= 0.6 is 0 Å². The molecule has 2 heteroatoms. The van der Waals surface area contributed by atoms with Gasteiger partial charge in [-0.05, 0) is 11.1 Å². The number of amides is 1. The Morgan fingerprint density at radius 1 is 1.05 bits per heavy atom. The molecule has 2 aromatic rings. The third-order valence-electron chi connectivity index (χ3n) is 3.27. The van der Waals surface area contributed by atoms with Crippen molar-refractivity contribution in [1.29, 1.82) is 0 Å². The smallest absolute Gasteiger partial charge is 0.220 e. The Morgan fingerprint density at radius 3 is 1.85 bits per heavy atom. The van der Waals surface area contributed by atoms with Crippen molar-refractivity contribution in [1.82, 2.24) is 4.90 Å². The molecule has 1 amide bonds. The van der Waals surface area contributed by atoms with E-state index in [-0.39, 0.29) is 11.9 Å². The van der Waals surface area contributed by atoms with Crippen LogP contribution in [0.4, 0.5) is 0 Å². The van der Waals surface area contributed by atoms with Gasteiger partial charge in [0.15, 0.2) is 0 Å². The normalized spacial score (nSPS) is 10.3. The van der Waals surface area contributed by atoms with E-state index in [9.17, 15) is 4.79 Å². The van der Waals surface area contributed by atoms with Gasteiger partial charge in [0.2, 0.25) is 5.91 Å². The van der Waals surface area contributed by atoms with Gasteiger partial charge in [-0.15, -0.1) is 6.58 Å². The summed E-state index contributed by atoms with van der Waals surface area (Å²) in [5, 5.41) is 0. The predicted molar refractivity (Wildman–Crippen MR) is 82.3 cm³/mol. The van der Waals surface area contributed by atoms with Gasteiger partial charge in [0.1, 0.15) is 0 Å². The van der Waals surface area contributed by atoms with Crippen LogP contribution in [-0.4, -0.2) is 17.4 Å². The van der Waals surface area contributed by atoms with Crippen LogP contribution in [0.2, 0.25) is 0 Å². The van der Waals surface area contributed by atoms with E-state index >= 15 is 0 Å². The van der Waals surface area contributed by atoms with Crippen LogP contribution in [0.3, 0.4) is 0 Å². The van der Waals surface area contributed by atoms with Crippen molar-refractivity contribution in [3.63, 3.8) is 0 Å². The van der Waals surface area contributed by atoms with Gasteiger partial charge in [-0.25, -0.2) is 0 Å². The lowest BCUT2D eigenvalue weighted by Gasteiger charge is -2.31. The maximum atomic E-state index is 12.0. The summed E-state index contributed by atoms with van der Waals surface area (Å²) >= 11 is 0. The lowest BCUT2D eigenvalue weighted by atomic mass is 9.97. The van der Waals surface area contributed by atoms with E-state index < -0.39 is 0 Å². The maximum absolute atomic E-state index is 12.0. The van der Waals surface area contributed by atoms with Gasteiger partial charge in [-0.2, -0.15) is 0 Å². The molecule has 0 fully saturated rings. The molecule has 0 aliphatic rings. The molecule has 0 aliphatic heterocycles. The highest BCUT2D eigenvalue weighted by molar-refractivity contribution is 5.74. The van der Waals surface area contributed by atoms with Crippen molar-refractivity contribution in [2.75, 3.05) is 6.54 Å². The molecule has 0 heterocycles. The molecule has 0 spiro atoms. The minimum atomic E-state index is -0.0760. The number of benzene rings is 2. The van der Waals surface area contributed by atoms with Crippen molar-refractivity contribution in [2.45, 2.75) is 13.0 Å². The van der Waals surface area contributed by atoms with Gasteiger partial charge >= 0.3 is 0 Å². The quantitative estimate of drug-likeness (QED) is 0.753. The molecule has 102 valence electrons. The van der Waals surface area contributed by atoms with Gasteiger partial charge in [-0.3, -0.25) is 4.79 Å². The Balaban J connectivity index is 2.49. The number of hydrogen-bond acceptors (Lipinski definition) is 1. The first-order valence-corrected chi connectivity index (χ1v) is 6.72. The lowest BCUT2D eigenvalue weighted by Crippen LogP contribution is -2.33. The van der Waals surface area contributed by atoms with Gasteiger partial charge < -0.3 is 4.90 Å². The van der Waals surface area contributed by atoms with E-state index in [0.717, 1.165) is 11.1 Å². The lowest BCUT2D eigenvalue weighted by molar-refractivity contribution is -0.129. The van der Waals surface area contributed by atoms with E-state index in [1.807, 2.05) is 41.3 Å². The molecule has 0 atom stereocenters. The van der Waals surface area contributed by atoms with Crippen LogP contribution in [0.25, 0.3) is 0 Å². The van der Waals surface area contributed by atoms with Gasteiger partial charge in [0.25, 0.3) is 0 Å². The number of rotatable bonds is 5. The van der Waals surface area contributed by atoms with Gasteiger partial charge in [0.05, 0.1) is 6.04 Å². The minimum absolute atomic E-state index is 0.0441. The molecule has 2 rings (SSSR count). The standard InChI is InChI=1S/C18H19NO/c1-3-14-19(15(2)20)18(16-10-6-4-7-11-16)17-12-8-5-9-13-17/h3-13,18H,1,14H2,2H3. The van der Waals surface area contributed by atoms with Crippen molar-refractivity contribution >= 4 is 5.91 Å². The topological polar surface area (TPSA) is 20.3 Å². The van der Waals surface area contributed by atoms with Crippen LogP contribution < -0.4 is 0 Å². The Bertz CT molecular complexity index is 523. The fraction of sp³-hybridized carbons (Fsp3) is 0.167. The minimum Gasteiger partial charge on any atom is -0.328 e. The summed E-state index contributed by atoms with van der Waals surface area (Å²) < 4.78 is 0. The van der Waals surface area contributed by atoms with Gasteiger partial charge in [0, 0.05) is 13.5 Å². The largest absolute Gasteiger partial charge is 0.328 e. The fourth-order valence-corrected chi connectivity index (χ4v) is 2.38. The summed E-state index contributed by atoms with van der Waals surface area (Å²) in [5.41, 5.74) is 2.21. The molecule has 0 aliphatic carbocycles. The molecule has 0 saturated heterocycles. The highest BCUT2D eigenvalue weighted by atomic mass is 16.2. The Morgan fingerprint density at radius 2 is 1.50 bits per heavy atom. The van der Waals surface area contributed by atoms with E-state index in [4.69, 9.17) is 0 Å². The Hall–Kier alpha value is -2.35.